The summed E-state index contributed by atoms with van der Waals surface area (Å²) in [6, 6.07) is 8.55. The lowest BCUT2D eigenvalue weighted by Crippen LogP contribution is -2.36. The van der Waals surface area contributed by atoms with Crippen molar-refractivity contribution in [1.29, 1.82) is 0 Å². The highest BCUT2D eigenvalue weighted by Crippen LogP contribution is 2.20. The van der Waals surface area contributed by atoms with Crippen LogP contribution in [0.25, 0.3) is 0 Å². The Labute approximate surface area is 106 Å². The molecule has 3 N–H and O–H groups in total. The fourth-order valence-electron chi connectivity index (χ4n) is 1.73. The predicted molar refractivity (Wildman–Crippen MR) is 67.7 cm³/mol. The predicted octanol–water partition coefficient (Wildman–Crippen LogP) is 0.303. The van der Waals surface area contributed by atoms with Gasteiger partial charge in [0.2, 0.25) is 0 Å². The van der Waals surface area contributed by atoms with Crippen molar-refractivity contribution >= 4 is 10.2 Å². The first kappa shape index (κ1) is 12.7. The number of nitrogens with one attached hydrogen (secondary N) is 1. The van der Waals surface area contributed by atoms with Gasteiger partial charge >= 0.3 is 0 Å². The van der Waals surface area contributed by atoms with Crippen molar-refractivity contribution < 1.29 is 8.42 Å². The smallest absolute Gasteiger partial charge is 0.275 e. The molecule has 18 heavy (non-hydrogen) atoms. The summed E-state index contributed by atoms with van der Waals surface area (Å²) in [6.45, 7) is 0. The Morgan fingerprint density at radius 2 is 2.00 bits per heavy atom. The van der Waals surface area contributed by atoms with Crippen LogP contribution < -0.4 is 9.86 Å². The molecule has 6 nitrogen and oxygen atoms in total. The van der Waals surface area contributed by atoms with Crippen molar-refractivity contribution in [3.8, 4) is 0 Å². The van der Waals surface area contributed by atoms with Crippen molar-refractivity contribution in [2.75, 3.05) is 0 Å². The molecule has 1 aromatic heterocycles. The molecule has 2 rings (SSSR count). The molecule has 1 atom stereocenters. The normalized spacial score (nSPS) is 13.4. The molecule has 0 aliphatic rings. The van der Waals surface area contributed by atoms with Crippen LogP contribution in [0.3, 0.4) is 0 Å². The van der Waals surface area contributed by atoms with Gasteiger partial charge in [0.1, 0.15) is 11.9 Å². The quantitative estimate of drug-likeness (QED) is 0.834. The largest absolute Gasteiger partial charge is 0.336 e. The van der Waals surface area contributed by atoms with Gasteiger partial charge in [-0.1, -0.05) is 30.3 Å². The molecule has 0 fully saturated rings. The summed E-state index contributed by atoms with van der Waals surface area (Å²) in [7, 11) is -2.02. The molecule has 0 bridgehead atoms. The van der Waals surface area contributed by atoms with E-state index in [9.17, 15) is 8.42 Å². The minimum atomic E-state index is -3.82. The van der Waals surface area contributed by atoms with E-state index in [0.717, 1.165) is 5.56 Å². The number of benzene rings is 1. The first-order valence-corrected chi connectivity index (χ1v) is 6.84. The average molecular weight is 266 g/mol. The molecule has 1 aromatic carbocycles. The summed E-state index contributed by atoms with van der Waals surface area (Å²) in [5.41, 5.74) is 0.779. The minimum absolute atomic E-state index is 0.579. The number of imidazole rings is 1. The Morgan fingerprint density at radius 3 is 2.50 bits per heavy atom. The monoisotopic (exact) mass is 266 g/mol. The molecule has 1 unspecified atom stereocenters. The van der Waals surface area contributed by atoms with Crippen molar-refractivity contribution in [2.45, 2.75) is 6.04 Å². The van der Waals surface area contributed by atoms with Crippen LogP contribution in [0.5, 0.6) is 0 Å². The second-order valence-electron chi connectivity index (χ2n) is 3.90. The Hall–Kier alpha value is -1.70. The van der Waals surface area contributed by atoms with Crippen molar-refractivity contribution in [3.63, 3.8) is 0 Å². The van der Waals surface area contributed by atoms with Gasteiger partial charge in [0.05, 0.1) is 0 Å². The molecular weight excluding hydrogens is 252 g/mol. The number of nitrogens with two attached hydrogens (primary N) is 1. The van der Waals surface area contributed by atoms with Crippen LogP contribution in [-0.2, 0) is 17.3 Å². The van der Waals surface area contributed by atoms with E-state index in [1.54, 1.807) is 24.0 Å². The van der Waals surface area contributed by atoms with Gasteiger partial charge in [-0.15, -0.1) is 0 Å². The third kappa shape index (κ3) is 2.95. The Kier molecular flexibility index (Phi) is 3.46. The Balaban J connectivity index is 2.45. The number of hydrogen-bond acceptors (Lipinski definition) is 3. The molecule has 0 aliphatic carbocycles. The minimum Gasteiger partial charge on any atom is -0.336 e. The first-order chi connectivity index (χ1) is 8.47. The lowest BCUT2D eigenvalue weighted by Gasteiger charge is -2.17. The van der Waals surface area contributed by atoms with Crippen LogP contribution in [0.2, 0.25) is 0 Å². The van der Waals surface area contributed by atoms with Gasteiger partial charge in [0.25, 0.3) is 10.2 Å². The van der Waals surface area contributed by atoms with Crippen LogP contribution in [0.15, 0.2) is 42.7 Å². The molecule has 7 heteroatoms. The van der Waals surface area contributed by atoms with E-state index >= 15 is 0 Å². The first-order valence-electron chi connectivity index (χ1n) is 5.29. The molecule has 2 aromatic rings. The average Bonchev–Trinajstić information content (AvgIpc) is 2.72. The number of aromatic nitrogens is 2. The lowest BCUT2D eigenvalue weighted by atomic mass is 10.1. The van der Waals surface area contributed by atoms with E-state index in [1.165, 1.54) is 0 Å². The molecular formula is C11H14N4O2S. The third-order valence-corrected chi connectivity index (χ3v) is 3.10. The van der Waals surface area contributed by atoms with E-state index in [-0.39, 0.29) is 0 Å². The van der Waals surface area contributed by atoms with Gasteiger partial charge in [-0.3, -0.25) is 0 Å². The third-order valence-electron chi connectivity index (χ3n) is 2.53. The van der Waals surface area contributed by atoms with E-state index in [2.05, 4.69) is 9.71 Å². The van der Waals surface area contributed by atoms with Gasteiger partial charge < -0.3 is 4.57 Å². The topological polar surface area (TPSA) is 90.0 Å². The molecule has 0 radical (unpaired) electrons. The number of aryl methyl sites for hydroxylation is 1. The maximum atomic E-state index is 11.3. The fraction of sp³-hybridized carbons (Fsp3) is 0.182. The van der Waals surface area contributed by atoms with E-state index < -0.39 is 16.3 Å². The molecule has 0 spiro atoms. The SMILES string of the molecule is Cn1ccnc1C(NS(N)(=O)=O)c1ccccc1. The molecule has 0 amide bonds. The standard InChI is InChI=1S/C11H14N4O2S/c1-15-8-7-13-11(15)10(14-18(12,16)17)9-5-3-2-4-6-9/h2-8,10,14H,1H3,(H2,12,16,17). The zero-order chi connectivity index (χ0) is 13.2. The number of rotatable bonds is 4. The molecule has 0 saturated carbocycles. The summed E-state index contributed by atoms with van der Waals surface area (Å²) in [5, 5.41) is 5.05. The zero-order valence-electron chi connectivity index (χ0n) is 9.82. The van der Waals surface area contributed by atoms with Crippen LogP contribution in [-0.4, -0.2) is 18.0 Å². The van der Waals surface area contributed by atoms with Crippen molar-refractivity contribution in [3.05, 3.63) is 54.1 Å². The van der Waals surface area contributed by atoms with Crippen molar-refractivity contribution in [1.82, 2.24) is 14.3 Å². The van der Waals surface area contributed by atoms with Crippen LogP contribution in [0.4, 0.5) is 0 Å². The lowest BCUT2D eigenvalue weighted by molar-refractivity contribution is 0.564. The summed E-state index contributed by atoms with van der Waals surface area (Å²) < 4.78 is 26.6. The molecule has 0 saturated heterocycles. The fourth-order valence-corrected chi connectivity index (χ4v) is 2.30. The summed E-state index contributed by atoms with van der Waals surface area (Å²) in [6.07, 6.45) is 3.35. The maximum absolute atomic E-state index is 11.3. The number of nitrogens with zero attached hydrogens (tertiary/aromatic N) is 2. The van der Waals surface area contributed by atoms with Crippen LogP contribution in [0.1, 0.15) is 17.4 Å². The summed E-state index contributed by atoms with van der Waals surface area (Å²) in [5.74, 6) is 0.579. The highest BCUT2D eigenvalue weighted by atomic mass is 32.2. The zero-order valence-corrected chi connectivity index (χ0v) is 10.6. The van der Waals surface area contributed by atoms with E-state index in [1.807, 2.05) is 30.3 Å². The van der Waals surface area contributed by atoms with Gasteiger partial charge in [0, 0.05) is 19.4 Å². The maximum Gasteiger partial charge on any atom is 0.275 e. The van der Waals surface area contributed by atoms with Crippen LogP contribution in [0, 0.1) is 0 Å². The molecule has 96 valence electrons. The van der Waals surface area contributed by atoms with Gasteiger partial charge in [0.15, 0.2) is 0 Å². The van der Waals surface area contributed by atoms with Gasteiger partial charge in [-0.05, 0) is 5.56 Å². The molecule has 1 heterocycles. The summed E-state index contributed by atoms with van der Waals surface area (Å²) >= 11 is 0. The molecule has 0 aliphatic heterocycles. The van der Waals surface area contributed by atoms with Gasteiger partial charge in [-0.2, -0.15) is 13.1 Å². The van der Waals surface area contributed by atoms with E-state index in [0.29, 0.717) is 5.82 Å². The highest BCUT2D eigenvalue weighted by molar-refractivity contribution is 7.87. The Bertz CT molecular complexity index is 622. The number of hydrogen-bond donors (Lipinski definition) is 2. The van der Waals surface area contributed by atoms with Gasteiger partial charge in [-0.25, -0.2) is 10.1 Å². The van der Waals surface area contributed by atoms with Crippen molar-refractivity contribution in [2.24, 2.45) is 12.2 Å². The Morgan fingerprint density at radius 1 is 1.33 bits per heavy atom. The van der Waals surface area contributed by atoms with Crippen LogP contribution >= 0.6 is 0 Å². The highest BCUT2D eigenvalue weighted by Gasteiger charge is 2.21. The summed E-state index contributed by atoms with van der Waals surface area (Å²) in [4.78, 5) is 4.16. The second-order valence-corrected chi connectivity index (χ2v) is 5.23. The van der Waals surface area contributed by atoms with E-state index in [4.69, 9.17) is 5.14 Å². The second kappa shape index (κ2) is 4.89.